The molecule has 4 aromatic rings. The van der Waals surface area contributed by atoms with E-state index < -0.39 is 6.04 Å². The molecule has 30 heavy (non-hydrogen) atoms. The summed E-state index contributed by atoms with van der Waals surface area (Å²) in [5.41, 5.74) is 2.04. The number of thiazole rings is 1. The molecule has 2 heterocycles. The van der Waals surface area contributed by atoms with E-state index in [4.69, 9.17) is 0 Å². The molecule has 0 fully saturated rings. The molecule has 152 valence electrons. The second-order valence-electron chi connectivity index (χ2n) is 7.32. The van der Waals surface area contributed by atoms with Gasteiger partial charge in [-0.25, -0.2) is 4.98 Å². The van der Waals surface area contributed by atoms with Gasteiger partial charge in [0.25, 0.3) is 5.91 Å². The molecule has 0 saturated heterocycles. The third kappa shape index (κ3) is 4.26. The number of carbonyl (C=O) groups excluding carboxylic acids is 2. The van der Waals surface area contributed by atoms with E-state index in [0.717, 1.165) is 15.3 Å². The minimum Gasteiger partial charge on any atom is -0.340 e. The Morgan fingerprint density at radius 2 is 1.73 bits per heavy atom. The molecule has 2 amide bonds. The Morgan fingerprint density at radius 1 is 1.00 bits per heavy atom. The van der Waals surface area contributed by atoms with E-state index in [-0.39, 0.29) is 17.7 Å². The molecule has 6 nitrogen and oxygen atoms in total. The van der Waals surface area contributed by atoms with Crippen molar-refractivity contribution in [2.45, 2.75) is 19.9 Å². The lowest BCUT2D eigenvalue weighted by Crippen LogP contribution is -2.47. The lowest BCUT2D eigenvalue weighted by molar-refractivity contribution is -0.118. The average molecular weight is 419 g/mol. The molecule has 1 atom stereocenters. The number of benzene rings is 2. The Balaban J connectivity index is 1.52. The van der Waals surface area contributed by atoms with Crippen LogP contribution in [-0.2, 0) is 4.79 Å². The van der Waals surface area contributed by atoms with Crippen molar-refractivity contribution in [3.05, 3.63) is 78.6 Å². The molecule has 4 rings (SSSR count). The van der Waals surface area contributed by atoms with Crippen molar-refractivity contribution in [2.75, 3.05) is 5.32 Å². The van der Waals surface area contributed by atoms with E-state index in [1.165, 1.54) is 11.3 Å². The number of fused-ring (bicyclic) bond motifs is 1. The summed E-state index contributed by atoms with van der Waals surface area (Å²) in [6.07, 6.45) is 3.87. The summed E-state index contributed by atoms with van der Waals surface area (Å²) >= 11 is 1.51. The second-order valence-corrected chi connectivity index (χ2v) is 8.33. The van der Waals surface area contributed by atoms with Gasteiger partial charge in [0.1, 0.15) is 6.04 Å². The summed E-state index contributed by atoms with van der Waals surface area (Å²) in [5, 5.41) is 6.59. The third-order valence-corrected chi connectivity index (χ3v) is 5.77. The normalized spacial score (nSPS) is 12.1. The molecule has 2 N–H and O–H groups in total. The predicted octanol–water partition coefficient (Wildman–Crippen LogP) is 4.48. The first-order valence-corrected chi connectivity index (χ1v) is 10.5. The average Bonchev–Trinajstić information content (AvgIpc) is 3.41. The first kappa shape index (κ1) is 19.8. The molecular formula is C23H22N4O2S. The summed E-state index contributed by atoms with van der Waals surface area (Å²) in [6, 6.07) is 17.9. The van der Waals surface area contributed by atoms with Crippen LogP contribution in [0.3, 0.4) is 0 Å². The van der Waals surface area contributed by atoms with Gasteiger partial charge in [-0.05, 0) is 48.4 Å². The van der Waals surface area contributed by atoms with Gasteiger partial charge in [0.15, 0.2) is 5.13 Å². The monoisotopic (exact) mass is 418 g/mol. The number of aromatic nitrogens is 2. The van der Waals surface area contributed by atoms with E-state index in [0.29, 0.717) is 11.3 Å². The zero-order valence-electron chi connectivity index (χ0n) is 16.7. The highest BCUT2D eigenvalue weighted by molar-refractivity contribution is 7.20. The maximum Gasteiger partial charge on any atom is 0.251 e. The fourth-order valence-electron chi connectivity index (χ4n) is 3.13. The molecule has 0 spiro atoms. The second kappa shape index (κ2) is 8.51. The molecule has 0 unspecified atom stereocenters. The Kier molecular flexibility index (Phi) is 5.63. The van der Waals surface area contributed by atoms with Crippen molar-refractivity contribution >= 4 is 39.1 Å². The van der Waals surface area contributed by atoms with Gasteiger partial charge in [-0.15, -0.1) is 0 Å². The Hall–Kier alpha value is -3.45. The molecule has 2 aromatic carbocycles. The van der Waals surface area contributed by atoms with Crippen LogP contribution in [0.25, 0.3) is 15.3 Å². The SMILES string of the molecule is CC(C)[C@H](NC(=O)c1ccc2nc(-n3cccc3)sc2c1)C(=O)Nc1ccccc1. The number of carbonyl (C=O) groups is 2. The number of anilines is 1. The zero-order valence-corrected chi connectivity index (χ0v) is 17.5. The zero-order chi connectivity index (χ0) is 21.1. The van der Waals surface area contributed by atoms with Gasteiger partial charge in [-0.3, -0.25) is 9.59 Å². The molecule has 0 bridgehead atoms. The lowest BCUT2D eigenvalue weighted by Gasteiger charge is -2.21. The van der Waals surface area contributed by atoms with Crippen molar-refractivity contribution in [3.63, 3.8) is 0 Å². The smallest absolute Gasteiger partial charge is 0.251 e. The minimum absolute atomic E-state index is 0.0647. The van der Waals surface area contributed by atoms with Gasteiger partial charge in [0.2, 0.25) is 5.91 Å². The van der Waals surface area contributed by atoms with Crippen LogP contribution < -0.4 is 10.6 Å². The van der Waals surface area contributed by atoms with Crippen molar-refractivity contribution in [3.8, 4) is 5.13 Å². The minimum atomic E-state index is -0.648. The van der Waals surface area contributed by atoms with Gasteiger partial charge in [-0.2, -0.15) is 0 Å². The molecule has 2 aromatic heterocycles. The molecule has 0 aliphatic carbocycles. The van der Waals surface area contributed by atoms with Crippen molar-refractivity contribution in [1.82, 2.24) is 14.9 Å². The van der Waals surface area contributed by atoms with E-state index in [2.05, 4.69) is 15.6 Å². The molecule has 0 aliphatic heterocycles. The fourth-order valence-corrected chi connectivity index (χ4v) is 4.10. The van der Waals surface area contributed by atoms with Crippen molar-refractivity contribution < 1.29 is 9.59 Å². The Morgan fingerprint density at radius 3 is 2.43 bits per heavy atom. The maximum atomic E-state index is 12.9. The number of para-hydroxylation sites is 1. The van der Waals surface area contributed by atoms with Gasteiger partial charge in [0.05, 0.1) is 10.2 Å². The van der Waals surface area contributed by atoms with Crippen LogP contribution in [0.4, 0.5) is 5.69 Å². The fraction of sp³-hybridized carbons (Fsp3) is 0.174. The van der Waals surface area contributed by atoms with E-state index >= 15 is 0 Å². The first-order chi connectivity index (χ1) is 14.5. The van der Waals surface area contributed by atoms with Crippen LogP contribution in [0, 0.1) is 5.92 Å². The number of nitrogens with zero attached hydrogens (tertiary/aromatic N) is 2. The predicted molar refractivity (Wildman–Crippen MR) is 120 cm³/mol. The summed E-state index contributed by atoms with van der Waals surface area (Å²) in [5.74, 6) is -0.585. The highest BCUT2D eigenvalue weighted by Crippen LogP contribution is 2.26. The number of hydrogen-bond acceptors (Lipinski definition) is 4. The van der Waals surface area contributed by atoms with Gasteiger partial charge in [-0.1, -0.05) is 43.4 Å². The summed E-state index contributed by atoms with van der Waals surface area (Å²) in [6.45, 7) is 3.82. The molecule has 0 radical (unpaired) electrons. The van der Waals surface area contributed by atoms with Crippen LogP contribution in [0.15, 0.2) is 73.1 Å². The molecule has 7 heteroatoms. The van der Waals surface area contributed by atoms with Crippen LogP contribution >= 0.6 is 11.3 Å². The van der Waals surface area contributed by atoms with Crippen molar-refractivity contribution in [1.29, 1.82) is 0 Å². The van der Waals surface area contributed by atoms with Crippen LogP contribution in [0.2, 0.25) is 0 Å². The summed E-state index contributed by atoms with van der Waals surface area (Å²) in [7, 11) is 0. The Bertz CT molecular complexity index is 1170. The molecule has 0 saturated carbocycles. The van der Waals surface area contributed by atoms with Gasteiger partial charge in [0, 0.05) is 23.6 Å². The maximum absolute atomic E-state index is 12.9. The topological polar surface area (TPSA) is 76.0 Å². The third-order valence-electron chi connectivity index (χ3n) is 4.74. The van der Waals surface area contributed by atoms with E-state index in [9.17, 15) is 9.59 Å². The number of amides is 2. The Labute approximate surface area is 178 Å². The van der Waals surface area contributed by atoms with Crippen LogP contribution in [-0.4, -0.2) is 27.4 Å². The summed E-state index contributed by atoms with van der Waals surface area (Å²) in [4.78, 5) is 30.2. The van der Waals surface area contributed by atoms with Crippen LogP contribution in [0.1, 0.15) is 24.2 Å². The molecular weight excluding hydrogens is 396 g/mol. The van der Waals surface area contributed by atoms with Crippen LogP contribution in [0.5, 0.6) is 0 Å². The highest BCUT2D eigenvalue weighted by Gasteiger charge is 2.25. The quantitative estimate of drug-likeness (QED) is 0.485. The number of rotatable bonds is 6. The standard InChI is InChI=1S/C23H22N4O2S/c1-15(2)20(22(29)24-17-8-4-3-5-9-17)26-21(28)16-10-11-18-19(14-16)30-23(25-18)27-12-6-7-13-27/h3-15,20H,1-2H3,(H,24,29)(H,26,28)/t20-/m0/s1. The van der Waals surface area contributed by atoms with E-state index in [1.807, 2.05) is 85.4 Å². The van der Waals surface area contributed by atoms with E-state index in [1.54, 1.807) is 6.07 Å². The first-order valence-electron chi connectivity index (χ1n) is 9.72. The number of hydrogen-bond donors (Lipinski definition) is 2. The highest BCUT2D eigenvalue weighted by atomic mass is 32.1. The largest absolute Gasteiger partial charge is 0.340 e. The molecule has 0 aliphatic rings. The number of nitrogens with one attached hydrogen (secondary N) is 2. The van der Waals surface area contributed by atoms with Crippen molar-refractivity contribution in [2.24, 2.45) is 5.92 Å². The summed E-state index contributed by atoms with van der Waals surface area (Å²) < 4.78 is 2.86. The lowest BCUT2D eigenvalue weighted by atomic mass is 10.0. The van der Waals surface area contributed by atoms with Gasteiger partial charge < -0.3 is 15.2 Å². The van der Waals surface area contributed by atoms with Gasteiger partial charge >= 0.3 is 0 Å².